The van der Waals surface area contributed by atoms with Crippen molar-refractivity contribution in [3.05, 3.63) is 34.5 Å². The normalized spacial score (nSPS) is 10.6. The van der Waals surface area contributed by atoms with E-state index in [4.69, 9.17) is 9.52 Å². The maximum absolute atomic E-state index is 11.5. The summed E-state index contributed by atoms with van der Waals surface area (Å²) in [6, 6.07) is 7.23. The van der Waals surface area contributed by atoms with E-state index >= 15 is 0 Å². The van der Waals surface area contributed by atoms with Crippen LogP contribution in [0.5, 0.6) is 0 Å². The summed E-state index contributed by atoms with van der Waals surface area (Å²) in [6.07, 6.45) is 0. The summed E-state index contributed by atoms with van der Waals surface area (Å²) >= 11 is 3.33. The van der Waals surface area contributed by atoms with E-state index in [0.29, 0.717) is 5.58 Å². The van der Waals surface area contributed by atoms with Crippen LogP contribution in [0.4, 0.5) is 0 Å². The highest BCUT2D eigenvalue weighted by Crippen LogP contribution is 2.23. The second kappa shape index (κ2) is 4.67. The molecule has 0 radical (unpaired) electrons. The third-order valence-electron chi connectivity index (χ3n) is 2.10. The molecule has 84 valence electrons. The van der Waals surface area contributed by atoms with Crippen molar-refractivity contribution in [1.29, 1.82) is 0 Å². The standard InChI is InChI=1S/C11H10BrNO3/c12-8-2-1-7-5-10(16-9(7)6-8)11(15)13-3-4-14/h1-2,5-6,14H,3-4H2,(H,13,15). The van der Waals surface area contributed by atoms with Crippen molar-refractivity contribution in [2.75, 3.05) is 13.2 Å². The van der Waals surface area contributed by atoms with Crippen LogP contribution in [0.25, 0.3) is 11.0 Å². The topological polar surface area (TPSA) is 62.5 Å². The number of furan rings is 1. The van der Waals surface area contributed by atoms with Crippen LogP contribution in [0.2, 0.25) is 0 Å². The molecule has 0 aliphatic rings. The average molecular weight is 284 g/mol. The van der Waals surface area contributed by atoms with E-state index in [-0.39, 0.29) is 24.8 Å². The maximum Gasteiger partial charge on any atom is 0.287 e. The van der Waals surface area contributed by atoms with Crippen molar-refractivity contribution >= 4 is 32.8 Å². The van der Waals surface area contributed by atoms with Crippen LogP contribution in [0, 0.1) is 0 Å². The fourth-order valence-corrected chi connectivity index (χ4v) is 1.71. The number of hydrogen-bond acceptors (Lipinski definition) is 3. The highest BCUT2D eigenvalue weighted by atomic mass is 79.9. The number of amides is 1. The van der Waals surface area contributed by atoms with E-state index in [1.165, 1.54) is 0 Å². The van der Waals surface area contributed by atoms with Crippen LogP contribution in [-0.4, -0.2) is 24.2 Å². The molecule has 0 fully saturated rings. The summed E-state index contributed by atoms with van der Waals surface area (Å²) in [7, 11) is 0. The summed E-state index contributed by atoms with van der Waals surface area (Å²) in [5.41, 5.74) is 0.656. The van der Waals surface area contributed by atoms with Gasteiger partial charge in [0.25, 0.3) is 5.91 Å². The maximum atomic E-state index is 11.5. The number of aliphatic hydroxyl groups is 1. The molecule has 0 saturated heterocycles. The van der Waals surface area contributed by atoms with Gasteiger partial charge in [-0.3, -0.25) is 4.79 Å². The van der Waals surface area contributed by atoms with Crippen LogP contribution in [0.15, 0.2) is 33.2 Å². The lowest BCUT2D eigenvalue weighted by Crippen LogP contribution is -2.25. The highest BCUT2D eigenvalue weighted by molar-refractivity contribution is 9.10. The Morgan fingerprint density at radius 1 is 1.44 bits per heavy atom. The molecule has 0 bridgehead atoms. The van der Waals surface area contributed by atoms with Gasteiger partial charge in [0.1, 0.15) is 5.58 Å². The van der Waals surface area contributed by atoms with Gasteiger partial charge in [0.05, 0.1) is 6.61 Å². The first-order chi connectivity index (χ1) is 7.70. The van der Waals surface area contributed by atoms with Crippen LogP contribution in [0.3, 0.4) is 0 Å². The van der Waals surface area contributed by atoms with Gasteiger partial charge in [-0.2, -0.15) is 0 Å². The van der Waals surface area contributed by atoms with Crippen LogP contribution in [-0.2, 0) is 0 Å². The van der Waals surface area contributed by atoms with Crippen molar-refractivity contribution in [3.63, 3.8) is 0 Å². The zero-order valence-electron chi connectivity index (χ0n) is 8.37. The lowest BCUT2D eigenvalue weighted by atomic mass is 10.2. The van der Waals surface area contributed by atoms with E-state index in [1.807, 2.05) is 12.1 Å². The Balaban J connectivity index is 2.28. The highest BCUT2D eigenvalue weighted by Gasteiger charge is 2.11. The number of hydrogen-bond donors (Lipinski definition) is 2. The molecule has 0 atom stereocenters. The van der Waals surface area contributed by atoms with Gasteiger partial charge in [-0.05, 0) is 24.3 Å². The Kier molecular flexibility index (Phi) is 3.26. The van der Waals surface area contributed by atoms with Crippen molar-refractivity contribution in [1.82, 2.24) is 5.32 Å². The molecule has 0 unspecified atom stereocenters. The van der Waals surface area contributed by atoms with Crippen LogP contribution >= 0.6 is 15.9 Å². The number of aliphatic hydroxyl groups excluding tert-OH is 1. The molecule has 5 heteroatoms. The second-order valence-corrected chi connectivity index (χ2v) is 4.19. The fourth-order valence-electron chi connectivity index (χ4n) is 1.37. The minimum atomic E-state index is -0.318. The van der Waals surface area contributed by atoms with Gasteiger partial charge in [0.15, 0.2) is 5.76 Å². The second-order valence-electron chi connectivity index (χ2n) is 3.27. The van der Waals surface area contributed by atoms with E-state index in [0.717, 1.165) is 9.86 Å². The first kappa shape index (κ1) is 11.2. The molecule has 2 aromatic rings. The largest absolute Gasteiger partial charge is 0.451 e. The Hall–Kier alpha value is -1.33. The monoisotopic (exact) mass is 283 g/mol. The Morgan fingerprint density at radius 3 is 3.00 bits per heavy atom. The molecule has 0 aliphatic carbocycles. The van der Waals surface area contributed by atoms with E-state index in [1.54, 1.807) is 12.1 Å². The van der Waals surface area contributed by atoms with Crippen molar-refractivity contribution in [2.24, 2.45) is 0 Å². The Bertz CT molecular complexity index is 521. The molecule has 1 aromatic heterocycles. The number of carbonyl (C=O) groups is 1. The van der Waals surface area contributed by atoms with Crippen molar-refractivity contribution in [3.8, 4) is 0 Å². The number of benzene rings is 1. The predicted octanol–water partition coefficient (Wildman–Crippen LogP) is 1.92. The summed E-state index contributed by atoms with van der Waals surface area (Å²) in [6.45, 7) is 0.136. The quantitative estimate of drug-likeness (QED) is 0.905. The van der Waals surface area contributed by atoms with Crippen molar-refractivity contribution < 1.29 is 14.3 Å². The number of halogens is 1. The van der Waals surface area contributed by atoms with Crippen LogP contribution in [0.1, 0.15) is 10.6 Å². The van der Waals surface area contributed by atoms with Gasteiger partial charge in [-0.15, -0.1) is 0 Å². The number of rotatable bonds is 3. The summed E-state index contributed by atoms with van der Waals surface area (Å²) < 4.78 is 6.28. The van der Waals surface area contributed by atoms with Gasteiger partial charge in [0, 0.05) is 16.4 Å². The Morgan fingerprint density at radius 2 is 2.25 bits per heavy atom. The average Bonchev–Trinajstić information content (AvgIpc) is 2.68. The molecular formula is C11H10BrNO3. The molecule has 4 nitrogen and oxygen atoms in total. The lowest BCUT2D eigenvalue weighted by molar-refractivity contribution is 0.0919. The van der Waals surface area contributed by atoms with Gasteiger partial charge in [-0.25, -0.2) is 0 Å². The molecule has 16 heavy (non-hydrogen) atoms. The van der Waals surface area contributed by atoms with Gasteiger partial charge >= 0.3 is 0 Å². The minimum absolute atomic E-state index is 0.0858. The van der Waals surface area contributed by atoms with E-state index in [9.17, 15) is 4.79 Å². The predicted molar refractivity (Wildman–Crippen MR) is 63.3 cm³/mol. The van der Waals surface area contributed by atoms with Gasteiger partial charge < -0.3 is 14.8 Å². The SMILES string of the molecule is O=C(NCCO)c1cc2ccc(Br)cc2o1. The molecule has 0 saturated carbocycles. The molecule has 2 N–H and O–H groups in total. The third-order valence-corrected chi connectivity index (χ3v) is 2.60. The van der Waals surface area contributed by atoms with E-state index < -0.39 is 0 Å². The molecule has 1 heterocycles. The smallest absolute Gasteiger partial charge is 0.287 e. The summed E-state index contributed by atoms with van der Waals surface area (Å²) in [5.74, 6) is -0.0667. The van der Waals surface area contributed by atoms with Crippen molar-refractivity contribution in [2.45, 2.75) is 0 Å². The van der Waals surface area contributed by atoms with Gasteiger partial charge in [0.2, 0.25) is 0 Å². The lowest BCUT2D eigenvalue weighted by Gasteiger charge is -1.98. The number of nitrogens with one attached hydrogen (secondary N) is 1. The summed E-state index contributed by atoms with van der Waals surface area (Å²) in [5, 5.41) is 12.0. The zero-order chi connectivity index (χ0) is 11.5. The zero-order valence-corrected chi connectivity index (χ0v) is 9.95. The number of carbonyl (C=O) groups excluding carboxylic acids is 1. The first-order valence-corrected chi connectivity index (χ1v) is 5.58. The fraction of sp³-hybridized carbons (Fsp3) is 0.182. The molecule has 0 spiro atoms. The molecule has 1 aromatic carbocycles. The molecule has 1 amide bonds. The van der Waals surface area contributed by atoms with Crippen LogP contribution < -0.4 is 5.32 Å². The molecule has 0 aliphatic heterocycles. The van der Waals surface area contributed by atoms with Gasteiger partial charge in [-0.1, -0.05) is 15.9 Å². The third kappa shape index (κ3) is 2.25. The summed E-state index contributed by atoms with van der Waals surface area (Å²) in [4.78, 5) is 11.5. The molecule has 2 rings (SSSR count). The molecular weight excluding hydrogens is 274 g/mol. The first-order valence-electron chi connectivity index (χ1n) is 4.79. The van der Waals surface area contributed by atoms with E-state index in [2.05, 4.69) is 21.2 Å². The minimum Gasteiger partial charge on any atom is -0.451 e. The Labute approximate surface area is 100 Å². The number of fused-ring (bicyclic) bond motifs is 1.